The maximum Gasteiger partial charge on any atom is 0.336 e. The summed E-state index contributed by atoms with van der Waals surface area (Å²) in [5, 5.41) is 75.9. The Bertz CT molecular complexity index is 3030. The molecule has 0 aromatic carbocycles. The number of carbonyl (C=O) groups excluding carboxylic acids is 16. The molecule has 0 bridgehead atoms. The molecule has 3 unspecified atom stereocenters. The van der Waals surface area contributed by atoms with Gasteiger partial charge in [0.1, 0.15) is 61.2 Å². The van der Waals surface area contributed by atoms with Crippen molar-refractivity contribution in [2.75, 3.05) is 157 Å². The van der Waals surface area contributed by atoms with E-state index < -0.39 is 168 Å². The smallest absolute Gasteiger partial charge is 0.336 e. The molecule has 0 radical (unpaired) electrons. The van der Waals surface area contributed by atoms with E-state index in [-0.39, 0.29) is 105 Å². The number of hydrogen-bond donors (Lipinski definition) is 16. The Hall–Kier alpha value is -10.5. The van der Waals surface area contributed by atoms with E-state index in [4.69, 9.17) is 46.5 Å². The highest BCUT2D eigenvalue weighted by Gasteiger charge is 2.42. The van der Waals surface area contributed by atoms with Gasteiger partial charge in [0.2, 0.25) is 58.9 Å². The number of nitrogens with one attached hydrogen (secondary N) is 9. The zero-order chi connectivity index (χ0) is 95.0. The van der Waals surface area contributed by atoms with Crippen LogP contribution >= 0.6 is 0 Å². The van der Waals surface area contributed by atoms with Crippen LogP contribution in [0.1, 0.15) is 157 Å². The maximum absolute atomic E-state index is 12.7. The lowest BCUT2D eigenvalue weighted by Crippen LogP contribution is -2.61. The second-order valence-corrected chi connectivity index (χ2v) is 24.8. The summed E-state index contributed by atoms with van der Waals surface area (Å²) in [5.74, 6) is -14.2. The molecular weight excluding hydrogens is 1630 g/mol. The minimum atomic E-state index is -2.74. The highest BCUT2D eigenvalue weighted by atomic mass is 16.6. The fourth-order valence-corrected chi connectivity index (χ4v) is 8.65. The van der Waals surface area contributed by atoms with Crippen molar-refractivity contribution in [3.05, 3.63) is 0 Å². The van der Waals surface area contributed by atoms with Crippen LogP contribution in [0.15, 0.2) is 0 Å². The summed E-state index contributed by atoms with van der Waals surface area (Å²) in [6, 6.07) is 0. The minimum absolute atomic E-state index is 0.0124. The molecule has 0 saturated carbocycles. The molecule has 49 nitrogen and oxygen atoms in total. The van der Waals surface area contributed by atoms with Crippen LogP contribution in [0.5, 0.6) is 0 Å². The molecule has 0 fully saturated rings. The van der Waals surface area contributed by atoms with Crippen molar-refractivity contribution >= 4 is 113 Å². The average molecular weight is 1760 g/mol. The Morgan fingerprint density at radius 1 is 0.331 bits per heavy atom. The molecule has 0 saturated heterocycles. The Balaban J connectivity index is -0.000000276. The number of methoxy groups -OCH3 is 10. The molecule has 0 aliphatic carbocycles. The van der Waals surface area contributed by atoms with Crippen LogP contribution in [0.3, 0.4) is 0 Å². The number of aliphatic carboxylic acids is 3. The Kier molecular flexibility index (Phi) is 79.6. The van der Waals surface area contributed by atoms with Crippen molar-refractivity contribution in [1.82, 2.24) is 47.9 Å². The third-order valence-electron chi connectivity index (χ3n) is 13.6. The molecule has 0 aliphatic rings. The molecular formula is C72H126N10O39. The van der Waals surface area contributed by atoms with Crippen LogP contribution < -0.4 is 53.6 Å². The number of unbranched alkanes of at least 4 members (excludes halogenated alkanes) is 10. The quantitative estimate of drug-likeness (QED) is 0.00682. The first-order valence-corrected chi connectivity index (χ1v) is 36.5. The van der Waals surface area contributed by atoms with Crippen LogP contribution in [0.25, 0.3) is 0 Å². The first-order valence-electron chi connectivity index (χ1n) is 37.0. The molecule has 9 amide bonds. The molecule has 698 valence electrons. The predicted molar refractivity (Wildman–Crippen MR) is 415 cm³/mol. The Morgan fingerprint density at radius 3 is 0.826 bits per heavy atom. The van der Waals surface area contributed by atoms with Crippen LogP contribution in [0, 0.1) is 12.8 Å². The summed E-state index contributed by atoms with van der Waals surface area (Å²) in [6.07, 6.45) is 12.0. The topological polar surface area (TPSA) is 709 Å². The second kappa shape index (κ2) is 79.3. The maximum atomic E-state index is 12.7. The number of carboxylic acid groups (broad SMARTS) is 3. The Morgan fingerprint density at radius 2 is 0.579 bits per heavy atom. The number of terminal acetylenes is 1. The largest absolute Gasteiger partial charge is 0.481 e. The number of carboxylic acids is 3. The van der Waals surface area contributed by atoms with Crippen molar-refractivity contribution in [3.63, 3.8) is 0 Å². The van der Waals surface area contributed by atoms with Gasteiger partial charge in [-0.15, -0.1) is 12.8 Å². The predicted octanol–water partition coefficient (Wildman–Crippen LogP) is -4.47. The number of carbonyl (C=O) groups is 19. The number of hydrogen-bond acceptors (Lipinski definition) is 37. The van der Waals surface area contributed by atoms with Crippen molar-refractivity contribution in [2.24, 2.45) is 5.73 Å². The zero-order valence-corrected chi connectivity index (χ0v) is 70.9. The molecule has 0 aliphatic heterocycles. The number of nitrogens with two attached hydrogens (primary N) is 1. The van der Waals surface area contributed by atoms with E-state index in [1.54, 1.807) is 7.11 Å². The number of rotatable bonds is 58. The van der Waals surface area contributed by atoms with Gasteiger partial charge < -0.3 is 151 Å². The molecule has 49 heteroatoms. The summed E-state index contributed by atoms with van der Waals surface area (Å²) in [7, 11) is 13.6. The molecule has 0 rings (SSSR count). The van der Waals surface area contributed by atoms with Crippen LogP contribution in [0.2, 0.25) is 0 Å². The summed E-state index contributed by atoms with van der Waals surface area (Å²) in [6.45, 7) is 0.924. The lowest BCUT2D eigenvalue weighted by molar-refractivity contribution is -0.170. The fourth-order valence-electron chi connectivity index (χ4n) is 8.65. The standard InChI is InChI=1S/C24H41N3O11.C14H22O6.2C12H23N3O7.C6H8O7.C2H7NO.C2H2/c1-18(28)37-22(32)11-9-7-5-6-8-10-12-23(33)38-24(27-21(31)15-35-3,13-19(29)26-17-36-4)16-25-20(30)14-34-2;1-11(15)19-13(17)9-7-5-3-4-6-8-10-14(18)20-12(2)16;2*1-20-5-10(17)13-7-12(19,15-11(18)6-21-2)4-9(16)14-8-22-3;7-3(8)1-6(13,5(11)12)2-4(9)10;1-4-2-3;1-2/h5-17H2,1-4H3,(H,25,30)(H,26,29)(H,27,31);3-10H2,1-2H3;2*19H,4-8H2,1-3H3,(H,13,17)(H,14,16)(H,15,18);13H,1-2H2,(H,7,8)(H,9,10)(H,11,12);2-3H2,1H3;1-2H/i;;;;;;1D. The van der Waals surface area contributed by atoms with Gasteiger partial charge in [0.15, 0.2) is 17.1 Å². The van der Waals surface area contributed by atoms with Gasteiger partial charge in [0.05, 0.1) is 58.5 Å². The average Bonchev–Trinajstić information content (AvgIpc) is 0.827. The van der Waals surface area contributed by atoms with E-state index in [1.165, 1.54) is 91.2 Å². The van der Waals surface area contributed by atoms with Gasteiger partial charge >= 0.3 is 59.7 Å². The number of amides is 9. The van der Waals surface area contributed by atoms with Crippen molar-refractivity contribution < 1.29 is 189 Å². The van der Waals surface area contributed by atoms with Crippen molar-refractivity contribution in [1.29, 1.82) is 0 Å². The summed E-state index contributed by atoms with van der Waals surface area (Å²) in [4.78, 5) is 214. The fraction of sp³-hybridized carbons (Fsp3) is 0.708. The van der Waals surface area contributed by atoms with Gasteiger partial charge in [-0.3, -0.25) is 86.3 Å². The van der Waals surface area contributed by atoms with Gasteiger partial charge in [-0.05, 0) is 25.7 Å². The van der Waals surface area contributed by atoms with Crippen molar-refractivity contribution in [3.8, 4) is 12.8 Å². The monoisotopic (exact) mass is 1760 g/mol. The number of ether oxygens (including phenoxy) is 14. The first-order chi connectivity index (χ1) is 57.3. The molecule has 121 heavy (non-hydrogen) atoms. The minimum Gasteiger partial charge on any atom is -0.481 e. The van der Waals surface area contributed by atoms with Gasteiger partial charge in [-0.25, -0.2) is 4.79 Å². The number of esters is 7. The molecule has 0 aromatic heterocycles. The van der Waals surface area contributed by atoms with E-state index in [0.29, 0.717) is 38.8 Å². The third-order valence-corrected chi connectivity index (χ3v) is 13.6. The van der Waals surface area contributed by atoms with Gasteiger partial charge in [-0.2, -0.15) is 0 Å². The number of aliphatic hydroxyl groups is 3. The van der Waals surface area contributed by atoms with Gasteiger partial charge in [0, 0.05) is 118 Å². The van der Waals surface area contributed by atoms with Crippen molar-refractivity contribution in [2.45, 2.75) is 178 Å². The highest BCUT2D eigenvalue weighted by molar-refractivity contribution is 5.89. The normalized spacial score (nSPS) is 11.7. The van der Waals surface area contributed by atoms with E-state index in [2.05, 4.69) is 102 Å². The Labute approximate surface area is 702 Å². The van der Waals surface area contributed by atoms with Crippen LogP contribution in [-0.4, -0.2) is 324 Å². The molecule has 0 spiro atoms. The van der Waals surface area contributed by atoms with Crippen LogP contribution in [-0.2, 0) is 157 Å². The second-order valence-electron chi connectivity index (χ2n) is 24.8. The molecule has 0 heterocycles. The summed E-state index contributed by atoms with van der Waals surface area (Å²) < 4.78 is 71.1. The SMILES string of the molecule is CC(=O)OC(=O)CCCCCCCCC(=O)OC(C)=O.COCN.COCNC(=O)CC(CNC(=O)COC)(NC(=O)COC)OC(=O)CCCCCCCCC(=O)OC(C)=O.COCNC(=O)CC(O)(CNC(=O)COC)NC(=O)COC.COCNC(=O)CC(O)(CNC(=O)COC)NC(=O)COC.O=C(O)CC(O)(CC(=O)O)C(=O)O.[2H]C#C. The molecule has 0 aromatic rings. The summed E-state index contributed by atoms with van der Waals surface area (Å²) in [5.41, 5.74) is -3.73. The lowest BCUT2D eigenvalue weighted by Gasteiger charge is -2.34. The molecule has 3 atom stereocenters. The third kappa shape index (κ3) is 83.0. The van der Waals surface area contributed by atoms with E-state index >= 15 is 0 Å². The highest BCUT2D eigenvalue weighted by Crippen LogP contribution is 2.19. The zero-order valence-electron chi connectivity index (χ0n) is 71.9. The van der Waals surface area contributed by atoms with E-state index in [1.807, 2.05) is 0 Å². The lowest BCUT2D eigenvalue weighted by atomic mass is 9.96. The summed E-state index contributed by atoms with van der Waals surface area (Å²) >= 11 is 0. The van der Waals surface area contributed by atoms with E-state index in [0.717, 1.165) is 44.9 Å². The molecule has 17 N–H and O–H groups in total. The van der Waals surface area contributed by atoms with Crippen LogP contribution in [0.4, 0.5) is 0 Å². The van der Waals surface area contributed by atoms with Gasteiger partial charge in [-0.1, -0.05) is 51.4 Å². The van der Waals surface area contributed by atoms with Gasteiger partial charge in [0.25, 0.3) is 0 Å². The van der Waals surface area contributed by atoms with E-state index in [9.17, 15) is 101 Å². The first kappa shape index (κ1) is 121.